The second-order valence-electron chi connectivity index (χ2n) is 7.65. The van der Waals surface area contributed by atoms with Crippen molar-refractivity contribution >= 4 is 48.7 Å². The first kappa shape index (κ1) is 21.5. The number of fused-ring (bicyclic) bond motifs is 2. The first-order chi connectivity index (χ1) is 15.3. The minimum absolute atomic E-state index is 0.195. The summed E-state index contributed by atoms with van der Waals surface area (Å²) in [6.45, 7) is 1.54. The number of thiazole rings is 1. The third kappa shape index (κ3) is 3.83. The van der Waals surface area contributed by atoms with Crippen molar-refractivity contribution in [1.82, 2.24) is 19.5 Å². The minimum atomic E-state index is -3.65. The summed E-state index contributed by atoms with van der Waals surface area (Å²) in [6.07, 6.45) is 5.18. The number of sulfonamides is 1. The molecule has 32 heavy (non-hydrogen) atoms. The van der Waals surface area contributed by atoms with Gasteiger partial charge < -0.3 is 10.0 Å². The van der Waals surface area contributed by atoms with Crippen LogP contribution in [0.25, 0.3) is 10.1 Å². The van der Waals surface area contributed by atoms with Gasteiger partial charge in [-0.25, -0.2) is 13.4 Å². The number of nitrogens with zero attached hydrogens (tertiary/aromatic N) is 3. The molecule has 0 saturated carbocycles. The molecular weight excluding hydrogens is 468 g/mol. The molecule has 4 heterocycles. The van der Waals surface area contributed by atoms with Crippen LogP contribution in [0, 0.1) is 12.3 Å². The van der Waals surface area contributed by atoms with Gasteiger partial charge in [0.2, 0.25) is 0 Å². The van der Waals surface area contributed by atoms with Crippen molar-refractivity contribution in [3.63, 3.8) is 0 Å². The SMILES string of the molecule is C#Cc1ccc2cc(S(=O)(=O)N3CCN(C(=O)c4nc5c(s4)CNC(O)C5)CC3)sc2c1. The lowest BCUT2D eigenvalue weighted by molar-refractivity contribution is 0.0696. The number of carbonyl (C=O) groups is 1. The molecule has 1 aromatic carbocycles. The number of aromatic nitrogens is 1. The molecule has 1 unspecified atom stereocenters. The van der Waals surface area contributed by atoms with Crippen LogP contribution in [0.15, 0.2) is 28.5 Å². The van der Waals surface area contributed by atoms with Crippen LogP contribution in [0.4, 0.5) is 0 Å². The molecule has 8 nitrogen and oxygen atoms in total. The molecule has 2 aromatic heterocycles. The molecule has 0 radical (unpaired) electrons. The predicted molar refractivity (Wildman–Crippen MR) is 123 cm³/mol. The topological polar surface area (TPSA) is 103 Å². The van der Waals surface area contributed by atoms with Gasteiger partial charge in [-0.05, 0) is 23.6 Å². The number of piperazine rings is 1. The summed E-state index contributed by atoms with van der Waals surface area (Å²) >= 11 is 2.53. The van der Waals surface area contributed by atoms with E-state index in [1.807, 2.05) is 12.1 Å². The lowest BCUT2D eigenvalue weighted by Crippen LogP contribution is -2.50. The quantitative estimate of drug-likeness (QED) is 0.541. The van der Waals surface area contributed by atoms with Gasteiger partial charge in [-0.15, -0.1) is 29.1 Å². The van der Waals surface area contributed by atoms with Crippen molar-refractivity contribution in [2.75, 3.05) is 26.2 Å². The highest BCUT2D eigenvalue weighted by Gasteiger charge is 2.33. The number of aliphatic hydroxyl groups is 1. The molecule has 1 amide bonds. The molecule has 0 spiro atoms. The third-order valence-electron chi connectivity index (χ3n) is 5.63. The number of rotatable bonds is 3. The maximum Gasteiger partial charge on any atom is 0.282 e. The normalized spacial score (nSPS) is 19.6. The Morgan fingerprint density at radius 1 is 1.22 bits per heavy atom. The molecule has 3 aromatic rings. The van der Waals surface area contributed by atoms with Crippen LogP contribution in [0.2, 0.25) is 0 Å². The second kappa shape index (κ2) is 8.22. The number of terminal acetylenes is 1. The van der Waals surface area contributed by atoms with Crippen LogP contribution in [0.5, 0.6) is 0 Å². The fourth-order valence-electron chi connectivity index (χ4n) is 3.86. The van der Waals surface area contributed by atoms with E-state index in [1.54, 1.807) is 17.0 Å². The van der Waals surface area contributed by atoms with Gasteiger partial charge in [-0.1, -0.05) is 12.0 Å². The third-order valence-corrected chi connectivity index (χ3v) is 10.2. The number of nitrogens with one attached hydrogen (secondary N) is 1. The second-order valence-corrected chi connectivity index (χ2v) is 12.0. The van der Waals surface area contributed by atoms with E-state index in [0.29, 0.717) is 36.6 Å². The predicted octanol–water partition coefficient (Wildman–Crippen LogP) is 1.45. The number of thiophene rings is 1. The molecule has 2 aliphatic heterocycles. The van der Waals surface area contributed by atoms with E-state index in [1.165, 1.54) is 27.0 Å². The fraction of sp³-hybridized carbons (Fsp3) is 0.333. The van der Waals surface area contributed by atoms with E-state index in [4.69, 9.17) is 6.42 Å². The molecule has 0 aliphatic carbocycles. The highest BCUT2D eigenvalue weighted by molar-refractivity contribution is 7.91. The van der Waals surface area contributed by atoms with Crippen molar-refractivity contribution in [3.8, 4) is 12.3 Å². The van der Waals surface area contributed by atoms with Gasteiger partial charge in [0.05, 0.1) is 5.69 Å². The molecule has 1 atom stereocenters. The zero-order valence-electron chi connectivity index (χ0n) is 16.9. The molecule has 166 valence electrons. The molecule has 1 fully saturated rings. The van der Waals surface area contributed by atoms with E-state index >= 15 is 0 Å². The summed E-state index contributed by atoms with van der Waals surface area (Å²) in [5.41, 5.74) is 1.47. The number of aliphatic hydroxyl groups excluding tert-OH is 1. The zero-order chi connectivity index (χ0) is 22.5. The smallest absolute Gasteiger partial charge is 0.282 e. The Bertz CT molecular complexity index is 1350. The lowest BCUT2D eigenvalue weighted by atomic mass is 10.2. The molecule has 11 heteroatoms. The molecule has 5 rings (SSSR count). The summed E-state index contributed by atoms with van der Waals surface area (Å²) in [5.74, 6) is 2.37. The van der Waals surface area contributed by atoms with Crippen molar-refractivity contribution in [2.45, 2.75) is 23.4 Å². The Morgan fingerprint density at radius 2 is 2.00 bits per heavy atom. The van der Waals surface area contributed by atoms with E-state index in [-0.39, 0.29) is 23.2 Å². The standard InChI is InChI=1S/C21H20N4O4S3/c1-2-13-3-4-14-10-19(30-16(14)9-13)32(28,29)25-7-5-24(6-8-25)21(27)20-23-15-11-18(26)22-12-17(15)31-20/h1,3-4,9-10,18,22,26H,5-8,11-12H2. The summed E-state index contributed by atoms with van der Waals surface area (Å²) in [5, 5.41) is 13.9. The molecule has 1 saturated heterocycles. The Labute approximate surface area is 193 Å². The van der Waals surface area contributed by atoms with Gasteiger partial charge in [0, 0.05) is 54.3 Å². The highest BCUT2D eigenvalue weighted by atomic mass is 32.2. The Hall–Kier alpha value is -2.33. The van der Waals surface area contributed by atoms with Crippen LogP contribution < -0.4 is 5.32 Å². The van der Waals surface area contributed by atoms with Gasteiger partial charge >= 0.3 is 0 Å². The fourth-order valence-corrected chi connectivity index (χ4v) is 7.88. The van der Waals surface area contributed by atoms with Crippen LogP contribution >= 0.6 is 22.7 Å². The minimum Gasteiger partial charge on any atom is -0.378 e. The van der Waals surface area contributed by atoms with Gasteiger partial charge in [0.1, 0.15) is 10.4 Å². The molecule has 2 aliphatic rings. The number of carbonyl (C=O) groups excluding carboxylic acids is 1. The van der Waals surface area contributed by atoms with Gasteiger partial charge in [-0.3, -0.25) is 10.1 Å². The van der Waals surface area contributed by atoms with Crippen molar-refractivity contribution in [2.24, 2.45) is 0 Å². The Morgan fingerprint density at radius 3 is 2.75 bits per heavy atom. The largest absolute Gasteiger partial charge is 0.378 e. The summed E-state index contributed by atoms with van der Waals surface area (Å²) < 4.78 is 28.9. The van der Waals surface area contributed by atoms with E-state index in [2.05, 4.69) is 16.2 Å². The molecular formula is C21H20N4O4S3. The van der Waals surface area contributed by atoms with Crippen molar-refractivity contribution < 1.29 is 18.3 Å². The zero-order valence-corrected chi connectivity index (χ0v) is 19.4. The number of hydrogen-bond donors (Lipinski definition) is 2. The first-order valence-electron chi connectivity index (χ1n) is 10.0. The maximum absolute atomic E-state index is 13.2. The average molecular weight is 489 g/mol. The van der Waals surface area contributed by atoms with Crippen LogP contribution in [-0.4, -0.2) is 66.0 Å². The Balaban J connectivity index is 1.29. The van der Waals surface area contributed by atoms with Gasteiger partial charge in [0.15, 0.2) is 5.01 Å². The number of amides is 1. The first-order valence-corrected chi connectivity index (χ1v) is 13.1. The van der Waals surface area contributed by atoms with Crippen LogP contribution in [-0.2, 0) is 23.0 Å². The van der Waals surface area contributed by atoms with Crippen molar-refractivity contribution in [3.05, 3.63) is 45.4 Å². The number of hydrogen-bond acceptors (Lipinski definition) is 8. The highest BCUT2D eigenvalue weighted by Crippen LogP contribution is 2.32. The van der Waals surface area contributed by atoms with Crippen LogP contribution in [0.1, 0.15) is 25.9 Å². The molecule has 0 bridgehead atoms. The van der Waals surface area contributed by atoms with Gasteiger partial charge in [0.25, 0.3) is 15.9 Å². The average Bonchev–Trinajstić information content (AvgIpc) is 3.42. The Kier molecular flexibility index (Phi) is 5.53. The summed E-state index contributed by atoms with van der Waals surface area (Å²) in [4.78, 5) is 19.9. The summed E-state index contributed by atoms with van der Waals surface area (Å²) in [7, 11) is -3.65. The van der Waals surface area contributed by atoms with Gasteiger partial charge in [-0.2, -0.15) is 4.31 Å². The maximum atomic E-state index is 13.2. The van der Waals surface area contributed by atoms with Crippen molar-refractivity contribution in [1.29, 1.82) is 0 Å². The van der Waals surface area contributed by atoms with E-state index < -0.39 is 16.3 Å². The summed E-state index contributed by atoms with van der Waals surface area (Å²) in [6, 6.07) is 7.12. The number of benzene rings is 1. The van der Waals surface area contributed by atoms with Crippen LogP contribution in [0.3, 0.4) is 0 Å². The molecule has 2 N–H and O–H groups in total. The van der Waals surface area contributed by atoms with E-state index in [9.17, 15) is 18.3 Å². The van der Waals surface area contributed by atoms with E-state index in [0.717, 1.165) is 20.7 Å². The monoisotopic (exact) mass is 488 g/mol. The lowest BCUT2D eigenvalue weighted by Gasteiger charge is -2.33.